The smallest absolute Gasteiger partial charge is 0.295 e. The predicted molar refractivity (Wildman–Crippen MR) is 138 cm³/mol. The van der Waals surface area contributed by atoms with Crippen molar-refractivity contribution in [3.63, 3.8) is 0 Å². The van der Waals surface area contributed by atoms with Crippen LogP contribution in [0.15, 0.2) is 57.7 Å². The van der Waals surface area contributed by atoms with Crippen LogP contribution in [0.3, 0.4) is 0 Å². The number of hydrogen-bond acceptors (Lipinski definition) is 6. The molecule has 0 spiro atoms. The summed E-state index contributed by atoms with van der Waals surface area (Å²) in [6.45, 7) is 5.85. The highest BCUT2D eigenvalue weighted by Gasteiger charge is 2.44. The number of amides is 1. The van der Waals surface area contributed by atoms with Gasteiger partial charge in [0.1, 0.15) is 5.58 Å². The number of nitrogens with zero attached hydrogens (tertiary/aromatic N) is 1. The first kappa shape index (κ1) is 23.5. The summed E-state index contributed by atoms with van der Waals surface area (Å²) in [6, 6.07) is 14.0. The zero-order valence-corrected chi connectivity index (χ0v) is 21.1. The number of hydrogen-bond donors (Lipinski definition) is 0. The molecule has 1 unspecified atom stereocenters. The van der Waals surface area contributed by atoms with E-state index in [9.17, 15) is 9.59 Å². The number of ether oxygens (including phenoxy) is 3. The van der Waals surface area contributed by atoms with Gasteiger partial charge in [0, 0.05) is 5.69 Å². The van der Waals surface area contributed by atoms with Gasteiger partial charge < -0.3 is 18.6 Å². The van der Waals surface area contributed by atoms with Crippen LogP contribution in [-0.2, 0) is 0 Å². The summed E-state index contributed by atoms with van der Waals surface area (Å²) in [5.41, 5.74) is 4.66. The van der Waals surface area contributed by atoms with Crippen LogP contribution in [0.2, 0.25) is 0 Å². The van der Waals surface area contributed by atoms with E-state index in [4.69, 9.17) is 18.6 Å². The maximum absolute atomic E-state index is 14.0. The lowest BCUT2D eigenvalue weighted by molar-refractivity contribution is 0.0971. The van der Waals surface area contributed by atoms with E-state index in [1.54, 1.807) is 17.0 Å². The molecule has 7 nitrogen and oxygen atoms in total. The van der Waals surface area contributed by atoms with Crippen molar-refractivity contribution in [2.45, 2.75) is 26.8 Å². The van der Waals surface area contributed by atoms with Gasteiger partial charge in [-0.1, -0.05) is 12.1 Å². The lowest BCUT2D eigenvalue weighted by Gasteiger charge is -2.26. The second kappa shape index (κ2) is 8.75. The van der Waals surface area contributed by atoms with Crippen molar-refractivity contribution in [2.75, 3.05) is 26.2 Å². The largest absolute Gasteiger partial charge is 0.493 e. The molecule has 0 N–H and O–H groups in total. The standard InChI is InChI=1S/C29H27NO6/c1-15-8-7-9-19(10-15)30-25(18-13-22(33-4)27(35-6)23(14-18)34-5)24-26(31)20-11-16(2)17(3)12-21(20)36-28(24)29(30)32/h7-14,25H,1-6H3. The highest BCUT2D eigenvalue weighted by Crippen LogP contribution is 2.46. The first-order valence-corrected chi connectivity index (χ1v) is 11.6. The van der Waals surface area contributed by atoms with E-state index in [2.05, 4.69) is 0 Å². The third-order valence-electron chi connectivity index (χ3n) is 6.77. The fourth-order valence-electron chi connectivity index (χ4n) is 4.85. The summed E-state index contributed by atoms with van der Waals surface area (Å²) < 4.78 is 22.8. The number of carbonyl (C=O) groups is 1. The van der Waals surface area contributed by atoms with Crippen molar-refractivity contribution >= 4 is 22.6 Å². The van der Waals surface area contributed by atoms with Gasteiger partial charge in [0.15, 0.2) is 16.9 Å². The molecule has 0 bridgehead atoms. The van der Waals surface area contributed by atoms with Gasteiger partial charge in [-0.05, 0) is 79.4 Å². The Morgan fingerprint density at radius 1 is 0.833 bits per heavy atom. The molecule has 184 valence electrons. The SMILES string of the molecule is COc1cc(C2c3c(oc4cc(C)c(C)cc4c3=O)C(=O)N2c2cccc(C)c2)cc(OC)c1OC. The van der Waals surface area contributed by atoms with E-state index >= 15 is 0 Å². The van der Waals surface area contributed by atoms with E-state index in [1.165, 1.54) is 21.3 Å². The first-order valence-electron chi connectivity index (χ1n) is 11.6. The maximum Gasteiger partial charge on any atom is 0.295 e. The number of fused-ring (bicyclic) bond motifs is 2. The molecule has 0 radical (unpaired) electrons. The van der Waals surface area contributed by atoms with Crippen molar-refractivity contribution in [3.8, 4) is 17.2 Å². The van der Waals surface area contributed by atoms with E-state index in [-0.39, 0.29) is 22.7 Å². The van der Waals surface area contributed by atoms with Crippen LogP contribution in [0.5, 0.6) is 17.2 Å². The van der Waals surface area contributed by atoms with Crippen LogP contribution in [-0.4, -0.2) is 27.2 Å². The Morgan fingerprint density at radius 3 is 2.11 bits per heavy atom. The minimum absolute atomic E-state index is 0.0380. The highest BCUT2D eigenvalue weighted by atomic mass is 16.5. The van der Waals surface area contributed by atoms with Gasteiger partial charge in [-0.3, -0.25) is 14.5 Å². The van der Waals surface area contributed by atoms with Crippen molar-refractivity contribution in [3.05, 3.63) is 92.3 Å². The summed E-state index contributed by atoms with van der Waals surface area (Å²) in [5.74, 6) is 0.928. The van der Waals surface area contributed by atoms with E-state index in [0.29, 0.717) is 39.5 Å². The molecular weight excluding hydrogens is 458 g/mol. The van der Waals surface area contributed by atoms with Gasteiger partial charge in [0.25, 0.3) is 5.91 Å². The first-order chi connectivity index (χ1) is 17.3. The number of carbonyl (C=O) groups excluding carboxylic acids is 1. The van der Waals surface area contributed by atoms with Crippen LogP contribution >= 0.6 is 0 Å². The molecule has 0 fully saturated rings. The van der Waals surface area contributed by atoms with Crippen molar-refractivity contribution in [1.29, 1.82) is 0 Å². The minimum atomic E-state index is -0.759. The Morgan fingerprint density at radius 2 is 1.50 bits per heavy atom. The van der Waals surface area contributed by atoms with Gasteiger partial charge in [-0.25, -0.2) is 0 Å². The molecule has 1 aromatic heterocycles. The van der Waals surface area contributed by atoms with Crippen molar-refractivity contribution < 1.29 is 23.4 Å². The Labute approximate surface area is 208 Å². The van der Waals surface area contributed by atoms with Crippen LogP contribution in [0.1, 0.15) is 44.4 Å². The van der Waals surface area contributed by atoms with Gasteiger partial charge in [0.2, 0.25) is 11.5 Å². The zero-order valence-electron chi connectivity index (χ0n) is 21.1. The van der Waals surface area contributed by atoms with Gasteiger partial charge in [0.05, 0.1) is 38.3 Å². The number of rotatable bonds is 5. The van der Waals surface area contributed by atoms with E-state index < -0.39 is 6.04 Å². The Kier molecular flexibility index (Phi) is 5.71. The second-order valence-electron chi connectivity index (χ2n) is 8.98. The predicted octanol–water partition coefficient (Wildman–Crippen LogP) is 5.49. The molecular formula is C29H27NO6. The molecule has 7 heteroatoms. The zero-order chi connectivity index (χ0) is 25.7. The average Bonchev–Trinajstić information content (AvgIpc) is 3.16. The van der Waals surface area contributed by atoms with Crippen molar-refractivity contribution in [2.24, 2.45) is 0 Å². The fourth-order valence-corrected chi connectivity index (χ4v) is 4.85. The molecule has 1 atom stereocenters. The molecule has 36 heavy (non-hydrogen) atoms. The van der Waals surface area contributed by atoms with Gasteiger partial charge in [-0.15, -0.1) is 0 Å². The third-order valence-corrected chi connectivity index (χ3v) is 6.77. The molecule has 4 aromatic rings. The highest BCUT2D eigenvalue weighted by molar-refractivity contribution is 6.10. The summed E-state index contributed by atoms with van der Waals surface area (Å²) in [7, 11) is 4.58. The van der Waals surface area contributed by atoms with Crippen LogP contribution in [0, 0.1) is 20.8 Å². The topological polar surface area (TPSA) is 78.2 Å². The summed E-state index contributed by atoms with van der Waals surface area (Å²) in [6.07, 6.45) is 0. The summed E-state index contributed by atoms with van der Waals surface area (Å²) in [5, 5.41) is 0.438. The monoisotopic (exact) mass is 485 g/mol. The lowest BCUT2D eigenvalue weighted by atomic mass is 9.96. The minimum Gasteiger partial charge on any atom is -0.493 e. The molecule has 1 aliphatic heterocycles. The fraction of sp³-hybridized carbons (Fsp3) is 0.241. The Bertz CT molecular complexity index is 1560. The quantitative estimate of drug-likeness (QED) is 0.372. The molecule has 0 aliphatic carbocycles. The Balaban J connectivity index is 1.86. The van der Waals surface area contributed by atoms with Crippen LogP contribution in [0.4, 0.5) is 5.69 Å². The molecule has 1 aliphatic rings. The van der Waals surface area contributed by atoms with Crippen LogP contribution in [0.25, 0.3) is 11.0 Å². The molecule has 0 saturated heterocycles. The average molecular weight is 486 g/mol. The number of anilines is 1. The van der Waals surface area contributed by atoms with E-state index in [1.807, 2.05) is 57.2 Å². The number of benzene rings is 3. The maximum atomic E-state index is 14.0. The van der Waals surface area contributed by atoms with Gasteiger partial charge >= 0.3 is 0 Å². The number of aryl methyl sites for hydroxylation is 3. The third kappa shape index (κ3) is 3.50. The van der Waals surface area contributed by atoms with E-state index in [0.717, 1.165) is 16.7 Å². The lowest BCUT2D eigenvalue weighted by Crippen LogP contribution is -2.29. The second-order valence-corrected chi connectivity index (χ2v) is 8.98. The molecule has 0 saturated carbocycles. The normalized spacial score (nSPS) is 14.8. The molecule has 3 aromatic carbocycles. The van der Waals surface area contributed by atoms with Gasteiger partial charge in [-0.2, -0.15) is 0 Å². The molecule has 2 heterocycles. The van der Waals surface area contributed by atoms with Crippen LogP contribution < -0.4 is 24.5 Å². The molecule has 5 rings (SSSR count). The summed E-state index contributed by atoms with van der Waals surface area (Å²) in [4.78, 5) is 29.4. The van der Waals surface area contributed by atoms with Crippen molar-refractivity contribution in [1.82, 2.24) is 0 Å². The Hall–Kier alpha value is -4.26. The molecule has 1 amide bonds. The number of methoxy groups -OCH3 is 3. The summed E-state index contributed by atoms with van der Waals surface area (Å²) >= 11 is 0.